The lowest BCUT2D eigenvalue weighted by molar-refractivity contribution is 0.156. The second-order valence-electron chi connectivity index (χ2n) is 7.46. The lowest BCUT2D eigenvalue weighted by atomic mass is 9.79. The Bertz CT molecular complexity index is 874. The molecule has 2 heterocycles. The third kappa shape index (κ3) is 2.40. The number of aliphatic hydroxyl groups is 1. The van der Waals surface area contributed by atoms with Crippen molar-refractivity contribution in [3.8, 4) is 5.75 Å². The van der Waals surface area contributed by atoms with E-state index in [4.69, 9.17) is 9.47 Å². The van der Waals surface area contributed by atoms with Gasteiger partial charge < -0.3 is 19.9 Å². The highest BCUT2D eigenvalue weighted by molar-refractivity contribution is 5.57. The first kappa shape index (κ1) is 16.0. The number of aryl methyl sites for hydroxylation is 1. The summed E-state index contributed by atoms with van der Waals surface area (Å²) < 4.78 is 24.7. The van der Waals surface area contributed by atoms with Crippen LogP contribution < -0.4 is 10.1 Å². The number of benzene rings is 1. The van der Waals surface area contributed by atoms with E-state index in [1.807, 2.05) is 12.1 Å². The summed E-state index contributed by atoms with van der Waals surface area (Å²) in [5.41, 5.74) is 4.07. The van der Waals surface area contributed by atoms with Crippen LogP contribution in [-0.4, -0.2) is 29.5 Å². The van der Waals surface area contributed by atoms with Crippen molar-refractivity contribution in [3.05, 3.63) is 53.1 Å². The molecule has 1 aliphatic heterocycles. The minimum absolute atomic E-state index is 0.0309. The average molecular weight is 356 g/mol. The number of hydrogen-bond acceptors (Lipinski definition) is 5. The number of aromatic nitrogens is 1. The maximum absolute atomic E-state index is 14.3. The lowest BCUT2D eigenvalue weighted by Crippen LogP contribution is -2.24. The zero-order valence-corrected chi connectivity index (χ0v) is 14.5. The fourth-order valence-electron chi connectivity index (χ4n) is 4.51. The van der Waals surface area contributed by atoms with Crippen molar-refractivity contribution in [2.24, 2.45) is 0 Å². The molecule has 3 aliphatic rings. The van der Waals surface area contributed by atoms with Crippen LogP contribution in [0, 0.1) is 5.82 Å². The summed E-state index contributed by atoms with van der Waals surface area (Å²) in [5.74, 6) is 0.0233. The smallest absolute Gasteiger partial charge is 0.186 e. The van der Waals surface area contributed by atoms with Gasteiger partial charge in [-0.25, -0.2) is 4.39 Å². The number of pyridine rings is 1. The summed E-state index contributed by atoms with van der Waals surface area (Å²) in [6.07, 6.45) is 6.52. The van der Waals surface area contributed by atoms with E-state index >= 15 is 0 Å². The molecule has 0 amide bonds. The molecule has 2 fully saturated rings. The van der Waals surface area contributed by atoms with E-state index in [1.54, 1.807) is 18.5 Å². The minimum Gasteiger partial charge on any atom is -0.494 e. The third-order valence-corrected chi connectivity index (χ3v) is 6.02. The molecule has 136 valence electrons. The Morgan fingerprint density at radius 1 is 1.42 bits per heavy atom. The molecule has 2 aromatic rings. The van der Waals surface area contributed by atoms with Crippen molar-refractivity contribution in [3.63, 3.8) is 0 Å². The van der Waals surface area contributed by atoms with Crippen molar-refractivity contribution in [2.45, 2.75) is 49.5 Å². The van der Waals surface area contributed by atoms with Gasteiger partial charge >= 0.3 is 0 Å². The number of anilines is 1. The number of nitrogens with zero attached hydrogens (tertiary/aromatic N) is 1. The SMILES string of the molecule is COc1cc2c(cc1F)[C@]1(CCC2)C[C@H]1Nc1cnccc1C1OC1O. The number of rotatable bonds is 4. The Balaban J connectivity index is 1.44. The van der Waals surface area contributed by atoms with E-state index in [2.05, 4.69) is 10.3 Å². The normalized spacial score (nSPS) is 31.4. The van der Waals surface area contributed by atoms with Crippen molar-refractivity contribution in [1.82, 2.24) is 4.98 Å². The van der Waals surface area contributed by atoms with Crippen LogP contribution in [-0.2, 0) is 16.6 Å². The first-order valence-corrected chi connectivity index (χ1v) is 9.03. The van der Waals surface area contributed by atoms with Gasteiger partial charge in [-0.3, -0.25) is 4.98 Å². The molecule has 1 saturated carbocycles. The maximum atomic E-state index is 14.3. The number of halogens is 1. The first-order chi connectivity index (χ1) is 12.6. The molecule has 5 rings (SSSR count). The second kappa shape index (κ2) is 5.66. The summed E-state index contributed by atoms with van der Waals surface area (Å²) >= 11 is 0. The molecule has 1 aromatic heterocycles. The van der Waals surface area contributed by atoms with Gasteiger partial charge in [0, 0.05) is 23.2 Å². The molecule has 0 bridgehead atoms. The molecule has 1 aromatic carbocycles. The zero-order valence-electron chi connectivity index (χ0n) is 14.5. The molecule has 2 N–H and O–H groups in total. The molecular formula is C20H21FN2O3. The van der Waals surface area contributed by atoms with E-state index < -0.39 is 6.29 Å². The molecule has 26 heavy (non-hydrogen) atoms. The molecule has 2 aliphatic carbocycles. The molecule has 1 spiro atoms. The summed E-state index contributed by atoms with van der Waals surface area (Å²) in [4.78, 5) is 4.20. The highest BCUT2D eigenvalue weighted by Crippen LogP contribution is 2.57. The highest BCUT2D eigenvalue weighted by atomic mass is 19.1. The van der Waals surface area contributed by atoms with Crippen molar-refractivity contribution < 1.29 is 19.0 Å². The molecule has 4 atom stereocenters. The fourth-order valence-corrected chi connectivity index (χ4v) is 4.51. The Morgan fingerprint density at radius 2 is 2.27 bits per heavy atom. The van der Waals surface area contributed by atoms with Crippen LogP contribution in [0.25, 0.3) is 0 Å². The summed E-state index contributed by atoms with van der Waals surface area (Å²) in [7, 11) is 1.50. The van der Waals surface area contributed by atoms with Gasteiger partial charge in [-0.15, -0.1) is 0 Å². The number of hydrogen-bond donors (Lipinski definition) is 2. The molecule has 6 heteroatoms. The predicted octanol–water partition coefficient (Wildman–Crippen LogP) is 3.08. The molecule has 0 radical (unpaired) electrons. The topological polar surface area (TPSA) is 66.9 Å². The summed E-state index contributed by atoms with van der Waals surface area (Å²) in [5, 5.41) is 13.2. The van der Waals surface area contributed by atoms with Gasteiger partial charge in [-0.05, 0) is 55.0 Å². The molecule has 1 saturated heterocycles. The third-order valence-electron chi connectivity index (χ3n) is 6.02. The van der Waals surface area contributed by atoms with Crippen molar-refractivity contribution in [2.75, 3.05) is 12.4 Å². The van der Waals surface area contributed by atoms with E-state index in [0.29, 0.717) is 5.75 Å². The number of methoxy groups -OCH3 is 1. The van der Waals surface area contributed by atoms with Gasteiger partial charge in [0.1, 0.15) is 6.10 Å². The fraction of sp³-hybridized carbons (Fsp3) is 0.450. The Kier molecular flexibility index (Phi) is 3.49. The minimum atomic E-state index is -0.733. The monoisotopic (exact) mass is 356 g/mol. The van der Waals surface area contributed by atoms with Gasteiger partial charge in [-0.1, -0.05) is 0 Å². The Morgan fingerprint density at radius 3 is 3.04 bits per heavy atom. The predicted molar refractivity (Wildman–Crippen MR) is 93.7 cm³/mol. The zero-order chi connectivity index (χ0) is 17.9. The largest absolute Gasteiger partial charge is 0.494 e. The second-order valence-corrected chi connectivity index (χ2v) is 7.46. The maximum Gasteiger partial charge on any atom is 0.186 e. The van der Waals surface area contributed by atoms with Crippen LogP contribution in [0.5, 0.6) is 5.75 Å². The lowest BCUT2D eigenvalue weighted by Gasteiger charge is -2.28. The van der Waals surface area contributed by atoms with Gasteiger partial charge in [0.15, 0.2) is 17.9 Å². The number of epoxide rings is 1. The van der Waals surface area contributed by atoms with Gasteiger partial charge in [-0.2, -0.15) is 0 Å². The van der Waals surface area contributed by atoms with Crippen LogP contribution in [0.3, 0.4) is 0 Å². The Hall–Kier alpha value is -2.18. The Labute approximate surface area is 151 Å². The molecule has 2 unspecified atom stereocenters. The van der Waals surface area contributed by atoms with Gasteiger partial charge in [0.2, 0.25) is 0 Å². The van der Waals surface area contributed by atoms with E-state index in [0.717, 1.165) is 42.5 Å². The van der Waals surface area contributed by atoms with E-state index in [1.165, 1.54) is 12.7 Å². The van der Waals surface area contributed by atoms with E-state index in [9.17, 15) is 9.50 Å². The van der Waals surface area contributed by atoms with Crippen LogP contribution in [0.2, 0.25) is 0 Å². The van der Waals surface area contributed by atoms with Crippen LogP contribution in [0.15, 0.2) is 30.6 Å². The number of aliphatic hydroxyl groups excluding tert-OH is 1. The standard InChI is InChI=1S/C20H21FN2O3/c1-25-16-7-11-3-2-5-20(13(11)8-14(16)21)9-17(20)23-15-10-22-6-4-12(15)18-19(24)26-18/h4,6-8,10,17-19,23-24H,2-3,5,9H2,1H3/t17-,18?,19?,20+/m1/s1. The molecule has 5 nitrogen and oxygen atoms in total. The van der Waals surface area contributed by atoms with Crippen molar-refractivity contribution in [1.29, 1.82) is 0 Å². The highest BCUT2D eigenvalue weighted by Gasteiger charge is 2.57. The van der Waals surface area contributed by atoms with Crippen LogP contribution in [0.4, 0.5) is 10.1 Å². The van der Waals surface area contributed by atoms with Crippen LogP contribution >= 0.6 is 0 Å². The van der Waals surface area contributed by atoms with E-state index in [-0.39, 0.29) is 23.4 Å². The van der Waals surface area contributed by atoms with Gasteiger partial charge in [0.25, 0.3) is 0 Å². The molecular weight excluding hydrogens is 335 g/mol. The van der Waals surface area contributed by atoms with Crippen LogP contribution in [0.1, 0.15) is 42.1 Å². The quantitative estimate of drug-likeness (QED) is 0.824. The van der Waals surface area contributed by atoms with Crippen molar-refractivity contribution >= 4 is 5.69 Å². The number of nitrogens with one attached hydrogen (secondary N) is 1. The average Bonchev–Trinajstić information content (AvgIpc) is 3.54. The number of ether oxygens (including phenoxy) is 2. The summed E-state index contributed by atoms with van der Waals surface area (Å²) in [6.45, 7) is 0. The number of fused-ring (bicyclic) bond motifs is 2. The first-order valence-electron chi connectivity index (χ1n) is 9.03. The van der Waals surface area contributed by atoms with Gasteiger partial charge in [0.05, 0.1) is 19.0 Å². The summed E-state index contributed by atoms with van der Waals surface area (Å²) in [6, 6.07) is 5.61.